The lowest BCUT2D eigenvalue weighted by Crippen LogP contribution is -2.46. The van der Waals surface area contributed by atoms with Crippen molar-refractivity contribution in [2.45, 2.75) is 178 Å². The zero-order valence-electron chi connectivity index (χ0n) is 74.9. The van der Waals surface area contributed by atoms with Crippen LogP contribution in [0.25, 0.3) is 49.4 Å². The zero-order valence-corrected chi connectivity index (χ0v) is 78.2. The molecule has 15 rings (SSSR count). The second-order valence-electron chi connectivity index (χ2n) is 33.3. The number of rotatable bonds is 24. The molecule has 4 aromatic carbocycles. The monoisotopic (exact) mass is 1870 g/mol. The summed E-state index contributed by atoms with van der Waals surface area (Å²) >= 11 is 0. The Bertz CT molecular complexity index is 5940. The third-order valence-corrected chi connectivity index (χ3v) is 32.5. The van der Waals surface area contributed by atoms with Gasteiger partial charge in [-0.2, -0.15) is 0 Å². The van der Waals surface area contributed by atoms with Gasteiger partial charge in [-0.1, -0.05) is 72.4 Å². The lowest BCUT2D eigenvalue weighted by atomic mass is 9.94. The number of pyridine rings is 4. The van der Waals surface area contributed by atoms with Gasteiger partial charge in [0.15, 0.2) is 0 Å². The van der Waals surface area contributed by atoms with Crippen LogP contribution in [0.5, 0.6) is 17.6 Å². The number of fused-ring (bicyclic) bond motifs is 3. The molecular formula is C92H117F2N17O15S4. The summed E-state index contributed by atoms with van der Waals surface area (Å²) in [5.41, 5.74) is 13.5. The number of piperidine rings is 4. The molecule has 4 aromatic heterocycles. The van der Waals surface area contributed by atoms with Crippen LogP contribution in [0.15, 0.2) is 116 Å². The highest BCUT2D eigenvalue weighted by molar-refractivity contribution is 7.91. The molecule has 4 aliphatic heterocycles. The number of hydrogen-bond donors (Lipinski definition) is 8. The highest BCUT2D eigenvalue weighted by Crippen LogP contribution is 2.44. The van der Waals surface area contributed by atoms with Crippen molar-refractivity contribution < 1.29 is 75.8 Å². The number of aromatic nitrogens is 4. The maximum absolute atomic E-state index is 14.8. The maximum Gasteiger partial charge on any atom is 0.332 e. The van der Waals surface area contributed by atoms with Crippen molar-refractivity contribution in [1.29, 1.82) is 0 Å². The van der Waals surface area contributed by atoms with Crippen LogP contribution in [-0.2, 0) is 78.6 Å². The molecule has 0 radical (unpaired) electrons. The Morgan fingerprint density at radius 2 is 0.708 bits per heavy atom. The van der Waals surface area contributed by atoms with Gasteiger partial charge < -0.3 is 59.9 Å². The van der Waals surface area contributed by atoms with Gasteiger partial charge in [-0.15, -0.1) is 4.98 Å². The number of aryl methyl sites for hydroxylation is 2. The number of benzene rings is 4. The number of ether oxygens (including phenoxy) is 3. The first-order valence-corrected chi connectivity index (χ1v) is 50.5. The Balaban J connectivity index is 0.000000157. The fourth-order valence-electron chi connectivity index (χ4n) is 17.9. The van der Waals surface area contributed by atoms with Gasteiger partial charge in [-0.25, -0.2) is 95.5 Å². The molecule has 8 N–H and O–H groups in total. The van der Waals surface area contributed by atoms with E-state index in [1.54, 1.807) is 62.0 Å². The molecule has 3 aliphatic carbocycles. The summed E-state index contributed by atoms with van der Waals surface area (Å²) in [6, 6.07) is 22.6. The van der Waals surface area contributed by atoms with E-state index in [9.17, 15) is 61.6 Å². The SMILES string of the molecule is CCN1CCC(S(=O)(=O)NC(=O)Nc2c(-c3ccnc(OC)c3)cc(F)c3c2CCC3)CC1.CCN1CCC(S(=O)(=O)NC(=O)Nc2c(-c3ccnc(OC)c3)cc(F)cc2C(C)C)CC1.CCN1CCC(S(=O)(=O)NC(=O)Nc2c(-c3ccnc(OC)c3)ccc3c2CCC3)CC1.[C-]#[N+]c1cc(-c2ccc3c(c2NC(=O)NS(=O)(=O)C2CCN(CC)CC2)CCC3)ccn1. The molecule has 32 nitrogen and oxygen atoms in total. The van der Waals surface area contributed by atoms with Crippen LogP contribution < -0.4 is 54.4 Å². The Morgan fingerprint density at radius 1 is 0.400 bits per heavy atom. The van der Waals surface area contributed by atoms with Gasteiger partial charge in [0.2, 0.25) is 57.7 Å². The molecule has 38 heteroatoms. The normalized spacial score (nSPS) is 16.6. The van der Waals surface area contributed by atoms with Crippen molar-refractivity contribution in [3.8, 4) is 62.1 Å². The van der Waals surface area contributed by atoms with Crippen molar-refractivity contribution in [3.05, 3.63) is 178 Å². The minimum absolute atomic E-state index is 0.131. The number of urea groups is 4. The molecule has 130 heavy (non-hydrogen) atoms. The Labute approximate surface area is 761 Å². The molecule has 0 atom stereocenters. The van der Waals surface area contributed by atoms with Crippen molar-refractivity contribution in [1.82, 2.24) is 58.4 Å². The first kappa shape index (κ1) is 98.0. The van der Waals surface area contributed by atoms with Gasteiger partial charge in [-0.05, 0) is 303 Å². The summed E-state index contributed by atoms with van der Waals surface area (Å²) in [4.78, 5) is 79.8. The first-order valence-electron chi connectivity index (χ1n) is 44.3. The Morgan fingerprint density at radius 3 is 1.05 bits per heavy atom. The molecule has 8 amide bonds. The average molecular weight is 1870 g/mol. The number of likely N-dealkylation sites (tertiary alicyclic amines) is 4. The van der Waals surface area contributed by atoms with Crippen molar-refractivity contribution >= 4 is 92.8 Å². The minimum atomic E-state index is -3.86. The number of methoxy groups -OCH3 is 3. The molecule has 4 fully saturated rings. The highest BCUT2D eigenvalue weighted by Gasteiger charge is 2.38. The summed E-state index contributed by atoms with van der Waals surface area (Å²) < 4.78 is 156. The van der Waals surface area contributed by atoms with E-state index in [1.165, 1.54) is 50.4 Å². The number of nitrogens with zero attached hydrogens (tertiary/aromatic N) is 9. The molecule has 0 spiro atoms. The molecule has 0 saturated carbocycles. The van der Waals surface area contributed by atoms with Crippen LogP contribution >= 0.6 is 0 Å². The van der Waals surface area contributed by atoms with E-state index in [4.69, 9.17) is 20.8 Å². The number of carbonyl (C=O) groups excluding carboxylic acids is 4. The van der Waals surface area contributed by atoms with Gasteiger partial charge in [0, 0.05) is 59.0 Å². The van der Waals surface area contributed by atoms with E-state index in [2.05, 4.69) is 104 Å². The minimum Gasteiger partial charge on any atom is -0.481 e. The smallest absolute Gasteiger partial charge is 0.332 e. The summed E-state index contributed by atoms with van der Waals surface area (Å²) in [7, 11) is -10.7. The van der Waals surface area contributed by atoms with Crippen molar-refractivity contribution in [2.24, 2.45) is 0 Å². The van der Waals surface area contributed by atoms with Gasteiger partial charge in [0.25, 0.3) is 5.82 Å². The largest absolute Gasteiger partial charge is 0.481 e. The van der Waals surface area contributed by atoms with Gasteiger partial charge in [0.1, 0.15) is 17.8 Å². The molecule has 8 heterocycles. The average Bonchev–Trinajstić information content (AvgIpc) is 1.53. The predicted molar refractivity (Wildman–Crippen MR) is 500 cm³/mol. The fraction of sp³-hybridized carbons (Fsp3) is 0.467. The quantitative estimate of drug-likeness (QED) is 0.0260. The molecule has 8 aromatic rings. The second kappa shape index (κ2) is 44.2. The predicted octanol–water partition coefficient (Wildman–Crippen LogP) is 14.2. The number of halogens is 2. The number of anilines is 4. The molecule has 0 unspecified atom stereocenters. The third-order valence-electron chi connectivity index (χ3n) is 25.2. The number of sulfonamides is 4. The van der Waals surface area contributed by atoms with Crippen molar-refractivity contribution in [2.75, 3.05) is 121 Å². The summed E-state index contributed by atoms with van der Waals surface area (Å²) in [5.74, 6) is 0.483. The summed E-state index contributed by atoms with van der Waals surface area (Å²) in [5, 5.41) is 8.71. The Kier molecular flexibility index (Phi) is 33.4. The van der Waals surface area contributed by atoms with E-state index >= 15 is 0 Å². The van der Waals surface area contributed by atoms with Crippen LogP contribution in [0.4, 0.5) is 56.5 Å². The van der Waals surface area contributed by atoms with E-state index in [-0.39, 0.29) is 17.6 Å². The molecular weight excluding hydrogens is 1750 g/mol. The zero-order chi connectivity index (χ0) is 93.2. The number of nitrogens with one attached hydrogen (secondary N) is 8. The van der Waals surface area contributed by atoms with Gasteiger partial charge in [-0.3, -0.25) is 0 Å². The lowest BCUT2D eigenvalue weighted by molar-refractivity contribution is 0.240. The van der Waals surface area contributed by atoms with E-state index in [1.807, 2.05) is 52.0 Å². The third kappa shape index (κ3) is 24.6. The number of carbonyl (C=O) groups is 4. The fourth-order valence-corrected chi connectivity index (χ4v) is 23.1. The van der Waals surface area contributed by atoms with E-state index in [0.29, 0.717) is 183 Å². The molecule has 698 valence electrons. The molecule has 7 aliphatic rings. The number of amides is 8. The van der Waals surface area contributed by atoms with Crippen LogP contribution in [0.1, 0.15) is 157 Å². The highest BCUT2D eigenvalue weighted by atomic mass is 32.2. The Hall–Kier alpha value is -11.1. The van der Waals surface area contributed by atoms with E-state index in [0.717, 1.165) is 123 Å². The summed E-state index contributed by atoms with van der Waals surface area (Å²) in [6.45, 7) is 28.3. The van der Waals surface area contributed by atoms with Crippen LogP contribution in [0.2, 0.25) is 0 Å². The molecule has 4 saturated heterocycles. The molecule has 0 bridgehead atoms. The lowest BCUT2D eigenvalue weighted by Gasteiger charge is -2.30. The van der Waals surface area contributed by atoms with Gasteiger partial charge >= 0.3 is 24.1 Å². The van der Waals surface area contributed by atoms with Crippen LogP contribution in [-0.4, -0.2) is 218 Å². The maximum atomic E-state index is 14.8. The summed E-state index contributed by atoms with van der Waals surface area (Å²) in [6.07, 6.45) is 17.7. The second-order valence-corrected chi connectivity index (χ2v) is 41.2. The van der Waals surface area contributed by atoms with Gasteiger partial charge in [0.05, 0.1) is 65.1 Å². The van der Waals surface area contributed by atoms with Crippen LogP contribution in [0.3, 0.4) is 0 Å². The standard InChI is InChI=1S/C23H29FN4O4S.C23H31FN4O4S.C23H27N5O3S.C23H30N4O4S/c1-3-28-11-8-16(9-12-28)33(30,31)27-23(29)26-22-18-6-4-5-17(18)20(24)14-19(22)15-7-10-25-21(13-15)32-2;1-5-28-10-7-18(8-11-28)33(30,31)27-23(29)26-22-19(15(2)3)13-17(24)14-20(22)16-6-9-25-21(12-16)32-4;1-3-28-13-10-18(11-14-28)32(30,31)27-23(29)26-22-19-6-4-5-16(19)7-8-20(22)17-9-12-25-21(15-17)24-2;1-3-27-13-10-18(11-14-27)32(29,30)26-23(28)25-22-19-6-4-5-16(19)7-8-20(22)17-9-12-24-21(15-17)31-2/h7,10,13-14,16H,3-6,8-9,11-12H2,1-2H3,(H2,26,27,29);6,9,12-15,18H,5,7-8,10-11H2,1-4H3,(H2,26,27,29);7-9,12,15,18H,3-6,10-11,13-14H2,1H3,(H2,26,27,29);7-9,12,15,18H,3-6,10-11,13-14H2,1-2H3,(H2,25,26,28). The van der Waals surface area contributed by atoms with Crippen LogP contribution in [0, 0.1) is 18.2 Å². The van der Waals surface area contributed by atoms with E-state index < -0.39 is 91.0 Å². The topological polar surface area (TPSA) is 398 Å². The number of hydrogen-bond acceptors (Lipinski definition) is 23. The first-order chi connectivity index (χ1) is 62.3. The van der Waals surface area contributed by atoms with Crippen molar-refractivity contribution in [3.63, 3.8) is 0 Å².